The molecule has 1 heterocycles. The molecule has 0 radical (unpaired) electrons. The zero-order valence-electron chi connectivity index (χ0n) is 13.1. The monoisotopic (exact) mass is 325 g/mol. The van der Waals surface area contributed by atoms with E-state index in [4.69, 9.17) is 4.74 Å². The first-order chi connectivity index (χ1) is 11.6. The maximum Gasteiger partial charge on any atom is 0.341 e. The van der Waals surface area contributed by atoms with Crippen molar-refractivity contribution >= 4 is 5.97 Å². The first kappa shape index (κ1) is 15.9. The van der Waals surface area contributed by atoms with Gasteiger partial charge in [0, 0.05) is 0 Å². The molecule has 1 atom stereocenters. The summed E-state index contributed by atoms with van der Waals surface area (Å²) >= 11 is 0. The van der Waals surface area contributed by atoms with Crippen LogP contribution in [0.3, 0.4) is 0 Å². The van der Waals surface area contributed by atoms with E-state index in [0.29, 0.717) is 12.1 Å². The topological polar surface area (TPSA) is 57.0 Å². The van der Waals surface area contributed by atoms with Crippen LogP contribution in [0.25, 0.3) is 0 Å². The summed E-state index contributed by atoms with van der Waals surface area (Å²) in [7, 11) is 0. The molecule has 3 rings (SSSR count). The summed E-state index contributed by atoms with van der Waals surface area (Å²) in [5, 5.41) is 4.03. The molecule has 0 fully saturated rings. The second-order valence-corrected chi connectivity index (χ2v) is 5.36. The highest BCUT2D eigenvalue weighted by Crippen LogP contribution is 2.22. The summed E-state index contributed by atoms with van der Waals surface area (Å²) in [5.41, 5.74) is 1.13. The molecule has 0 aliphatic rings. The van der Waals surface area contributed by atoms with Gasteiger partial charge in [0.25, 0.3) is 0 Å². The van der Waals surface area contributed by atoms with E-state index >= 15 is 0 Å². The van der Waals surface area contributed by atoms with E-state index in [0.717, 1.165) is 5.56 Å². The molecule has 0 bridgehead atoms. The van der Waals surface area contributed by atoms with Crippen LogP contribution < -0.4 is 0 Å². The highest BCUT2D eigenvalue weighted by Gasteiger charge is 2.21. The van der Waals surface area contributed by atoms with E-state index in [9.17, 15) is 9.18 Å². The van der Waals surface area contributed by atoms with Gasteiger partial charge in [-0.25, -0.2) is 18.9 Å². The quantitative estimate of drug-likeness (QED) is 0.675. The standard InChI is InChI=1S/C18H16FN3O2/c1-13-6-5-9-15(17(13)19)18(23)24-16(10-22-12-20-11-21-22)14-7-3-2-4-8-14/h2-9,11-12,16H,10H2,1H3. The molecule has 0 spiro atoms. The number of aryl methyl sites for hydroxylation is 1. The fourth-order valence-electron chi connectivity index (χ4n) is 2.37. The smallest absolute Gasteiger partial charge is 0.341 e. The van der Waals surface area contributed by atoms with Crippen molar-refractivity contribution in [2.45, 2.75) is 19.6 Å². The first-order valence-corrected chi connectivity index (χ1v) is 7.48. The zero-order valence-corrected chi connectivity index (χ0v) is 13.1. The van der Waals surface area contributed by atoms with Crippen molar-refractivity contribution in [1.29, 1.82) is 0 Å². The van der Waals surface area contributed by atoms with Gasteiger partial charge in [0.05, 0.1) is 12.1 Å². The third-order valence-corrected chi connectivity index (χ3v) is 3.65. The van der Waals surface area contributed by atoms with E-state index in [1.165, 1.54) is 18.7 Å². The van der Waals surface area contributed by atoms with E-state index in [-0.39, 0.29) is 5.56 Å². The Labute approximate surface area is 138 Å². The number of ether oxygens (including phenoxy) is 1. The Kier molecular flexibility index (Phi) is 4.65. The van der Waals surface area contributed by atoms with Crippen molar-refractivity contribution in [3.8, 4) is 0 Å². The van der Waals surface area contributed by atoms with Crippen LogP contribution in [0.1, 0.15) is 27.6 Å². The molecule has 0 amide bonds. The maximum absolute atomic E-state index is 14.2. The van der Waals surface area contributed by atoms with E-state index in [2.05, 4.69) is 10.1 Å². The number of carbonyl (C=O) groups is 1. The molecule has 0 saturated heterocycles. The van der Waals surface area contributed by atoms with Gasteiger partial charge in [-0.1, -0.05) is 42.5 Å². The molecule has 0 aliphatic carbocycles. The van der Waals surface area contributed by atoms with Crippen molar-refractivity contribution in [2.24, 2.45) is 0 Å². The van der Waals surface area contributed by atoms with Crippen LogP contribution in [-0.4, -0.2) is 20.7 Å². The Morgan fingerprint density at radius 1 is 1.21 bits per heavy atom. The van der Waals surface area contributed by atoms with Crippen LogP contribution in [0, 0.1) is 12.7 Å². The predicted molar refractivity (Wildman–Crippen MR) is 85.8 cm³/mol. The van der Waals surface area contributed by atoms with Crippen molar-refractivity contribution in [3.05, 3.63) is 83.7 Å². The van der Waals surface area contributed by atoms with Crippen LogP contribution >= 0.6 is 0 Å². The van der Waals surface area contributed by atoms with Gasteiger partial charge in [-0.05, 0) is 24.1 Å². The van der Waals surface area contributed by atoms with E-state index < -0.39 is 17.9 Å². The number of carbonyl (C=O) groups excluding carboxylic acids is 1. The average molecular weight is 325 g/mol. The molecule has 6 heteroatoms. The molecule has 122 valence electrons. The lowest BCUT2D eigenvalue weighted by molar-refractivity contribution is 0.0241. The predicted octanol–water partition coefficient (Wildman–Crippen LogP) is 3.32. The minimum atomic E-state index is -0.704. The zero-order chi connectivity index (χ0) is 16.9. The molecule has 1 aromatic heterocycles. The van der Waals surface area contributed by atoms with Crippen LogP contribution in [0.2, 0.25) is 0 Å². The van der Waals surface area contributed by atoms with Gasteiger partial charge in [0.2, 0.25) is 0 Å². The summed E-state index contributed by atoms with van der Waals surface area (Å²) in [6.07, 6.45) is 2.35. The Morgan fingerprint density at radius 2 is 2.00 bits per heavy atom. The summed E-state index contributed by atoms with van der Waals surface area (Å²) in [6, 6.07) is 13.9. The average Bonchev–Trinajstić information content (AvgIpc) is 3.10. The van der Waals surface area contributed by atoms with Gasteiger partial charge in [0.15, 0.2) is 0 Å². The Hall–Kier alpha value is -3.02. The molecule has 3 aromatic rings. The lowest BCUT2D eigenvalue weighted by atomic mass is 10.1. The fourth-order valence-corrected chi connectivity index (χ4v) is 2.37. The normalized spacial score (nSPS) is 11.9. The minimum absolute atomic E-state index is 0.0745. The highest BCUT2D eigenvalue weighted by molar-refractivity contribution is 5.90. The largest absolute Gasteiger partial charge is 0.452 e. The van der Waals surface area contributed by atoms with E-state index in [1.807, 2.05) is 30.3 Å². The number of nitrogens with zero attached hydrogens (tertiary/aromatic N) is 3. The molecule has 5 nitrogen and oxygen atoms in total. The van der Waals surface area contributed by atoms with Crippen molar-refractivity contribution in [1.82, 2.24) is 14.8 Å². The van der Waals surface area contributed by atoms with Crippen LogP contribution in [0.15, 0.2) is 61.2 Å². The second kappa shape index (κ2) is 7.04. The van der Waals surface area contributed by atoms with Gasteiger partial charge < -0.3 is 4.74 Å². The Morgan fingerprint density at radius 3 is 2.71 bits per heavy atom. The Bertz CT molecular complexity index is 820. The number of aromatic nitrogens is 3. The first-order valence-electron chi connectivity index (χ1n) is 7.48. The number of hydrogen-bond donors (Lipinski definition) is 0. The Balaban J connectivity index is 1.86. The SMILES string of the molecule is Cc1cccc(C(=O)OC(Cn2cncn2)c2ccccc2)c1F. The van der Waals surface area contributed by atoms with Gasteiger partial charge >= 0.3 is 5.97 Å². The molecule has 0 N–H and O–H groups in total. The van der Waals surface area contributed by atoms with Crippen LogP contribution in [0.4, 0.5) is 4.39 Å². The summed E-state index contributed by atoms with van der Waals surface area (Å²) < 4.78 is 21.3. The number of rotatable bonds is 5. The molecule has 0 aliphatic heterocycles. The second-order valence-electron chi connectivity index (χ2n) is 5.36. The number of halogens is 1. The summed E-state index contributed by atoms with van der Waals surface area (Å²) in [4.78, 5) is 16.3. The third-order valence-electron chi connectivity index (χ3n) is 3.65. The molecular formula is C18H16FN3O2. The lowest BCUT2D eigenvalue weighted by Crippen LogP contribution is -2.18. The van der Waals surface area contributed by atoms with Gasteiger partial charge in [0.1, 0.15) is 24.6 Å². The van der Waals surface area contributed by atoms with Crippen LogP contribution in [0.5, 0.6) is 0 Å². The fraction of sp³-hybridized carbons (Fsp3) is 0.167. The summed E-state index contributed by atoms with van der Waals surface area (Å²) in [6.45, 7) is 1.90. The minimum Gasteiger partial charge on any atom is -0.452 e. The maximum atomic E-state index is 14.2. The van der Waals surface area contributed by atoms with Crippen molar-refractivity contribution < 1.29 is 13.9 Å². The number of benzene rings is 2. The number of esters is 1. The van der Waals surface area contributed by atoms with Crippen molar-refractivity contribution in [3.63, 3.8) is 0 Å². The molecule has 24 heavy (non-hydrogen) atoms. The van der Waals surface area contributed by atoms with Gasteiger partial charge in [-0.2, -0.15) is 5.10 Å². The van der Waals surface area contributed by atoms with Crippen molar-refractivity contribution in [2.75, 3.05) is 0 Å². The summed E-state index contributed by atoms with van der Waals surface area (Å²) in [5.74, 6) is -1.26. The molecule has 1 unspecified atom stereocenters. The molecular weight excluding hydrogens is 309 g/mol. The van der Waals surface area contributed by atoms with Crippen LogP contribution in [-0.2, 0) is 11.3 Å². The highest BCUT2D eigenvalue weighted by atomic mass is 19.1. The van der Waals surface area contributed by atoms with E-state index in [1.54, 1.807) is 23.7 Å². The third kappa shape index (κ3) is 3.48. The number of hydrogen-bond acceptors (Lipinski definition) is 4. The van der Waals surface area contributed by atoms with Gasteiger partial charge in [-0.15, -0.1) is 0 Å². The lowest BCUT2D eigenvalue weighted by Gasteiger charge is -2.18. The molecule has 2 aromatic carbocycles. The van der Waals surface area contributed by atoms with Gasteiger partial charge in [-0.3, -0.25) is 0 Å². The molecule has 0 saturated carbocycles.